The topological polar surface area (TPSA) is 36.1 Å². The Bertz CT molecular complexity index is 961. The third kappa shape index (κ3) is 2.37. The van der Waals surface area contributed by atoms with Crippen LogP contribution in [0.5, 0.6) is 0 Å². The van der Waals surface area contributed by atoms with Crippen LogP contribution in [0.1, 0.15) is 27.2 Å². The minimum atomic E-state index is -0.999. The van der Waals surface area contributed by atoms with E-state index in [4.69, 9.17) is 0 Å². The summed E-state index contributed by atoms with van der Waals surface area (Å²) < 4.78 is 26.5. The van der Waals surface area contributed by atoms with Gasteiger partial charge < -0.3 is 9.88 Å². The lowest BCUT2D eigenvalue weighted by Gasteiger charge is -2.27. The van der Waals surface area contributed by atoms with Crippen molar-refractivity contribution in [2.75, 3.05) is 6.54 Å². The van der Waals surface area contributed by atoms with Crippen molar-refractivity contribution in [1.82, 2.24) is 9.88 Å². The minimum absolute atomic E-state index is 0.174. The molecule has 0 aliphatic carbocycles. The summed E-state index contributed by atoms with van der Waals surface area (Å²) in [5.74, 6) is -2.22. The Balaban J connectivity index is 1.68. The molecule has 3 aromatic rings. The molecule has 1 aliphatic rings. The fourth-order valence-electron chi connectivity index (χ4n) is 3.31. The number of H-pyrrole nitrogens is 1. The van der Waals surface area contributed by atoms with Gasteiger partial charge in [-0.1, -0.05) is 11.6 Å². The number of hydrogen-bond acceptors (Lipinski definition) is 1. The third-order valence-electron chi connectivity index (χ3n) is 4.58. The molecule has 3 nitrogen and oxygen atoms in total. The quantitative estimate of drug-likeness (QED) is 0.722. The van der Waals surface area contributed by atoms with Crippen molar-refractivity contribution in [3.8, 4) is 0 Å². The van der Waals surface area contributed by atoms with Gasteiger partial charge in [-0.25, -0.2) is 8.78 Å². The fourth-order valence-corrected chi connectivity index (χ4v) is 3.31. The second-order valence-electron chi connectivity index (χ2n) is 6.24. The normalized spacial score (nSPS) is 14.0. The number of aryl methyl sites for hydroxylation is 1. The molecule has 2 heterocycles. The van der Waals surface area contributed by atoms with E-state index in [0.29, 0.717) is 13.1 Å². The van der Waals surface area contributed by atoms with E-state index in [-0.39, 0.29) is 11.5 Å². The number of benzene rings is 2. The summed E-state index contributed by atoms with van der Waals surface area (Å²) in [7, 11) is 0. The van der Waals surface area contributed by atoms with Gasteiger partial charge in [0.1, 0.15) is 0 Å². The molecule has 1 aromatic heterocycles. The van der Waals surface area contributed by atoms with Gasteiger partial charge in [0.2, 0.25) is 0 Å². The maximum Gasteiger partial charge on any atom is 0.254 e. The summed E-state index contributed by atoms with van der Waals surface area (Å²) in [6.45, 7) is 3.05. The van der Waals surface area contributed by atoms with Crippen molar-refractivity contribution in [3.05, 3.63) is 70.4 Å². The Kier molecular flexibility index (Phi) is 3.37. The highest BCUT2D eigenvalue weighted by atomic mass is 19.2. The Morgan fingerprint density at radius 2 is 1.96 bits per heavy atom. The Morgan fingerprint density at radius 3 is 2.75 bits per heavy atom. The van der Waals surface area contributed by atoms with E-state index in [9.17, 15) is 13.6 Å². The third-order valence-corrected chi connectivity index (χ3v) is 4.58. The van der Waals surface area contributed by atoms with Crippen molar-refractivity contribution in [2.24, 2.45) is 0 Å². The number of amides is 1. The van der Waals surface area contributed by atoms with E-state index in [0.717, 1.165) is 46.3 Å². The van der Waals surface area contributed by atoms with Crippen LogP contribution >= 0.6 is 0 Å². The number of halogens is 2. The van der Waals surface area contributed by atoms with Crippen molar-refractivity contribution < 1.29 is 13.6 Å². The molecule has 0 saturated carbocycles. The Morgan fingerprint density at radius 1 is 1.12 bits per heavy atom. The van der Waals surface area contributed by atoms with E-state index in [1.165, 1.54) is 6.07 Å². The lowest BCUT2D eigenvalue weighted by Crippen LogP contribution is -2.35. The number of fused-ring (bicyclic) bond motifs is 3. The molecule has 4 rings (SSSR count). The number of rotatable bonds is 1. The number of aromatic nitrogens is 1. The lowest BCUT2D eigenvalue weighted by molar-refractivity contribution is 0.0734. The maximum absolute atomic E-state index is 13.4. The molecule has 0 unspecified atom stereocenters. The number of carbonyl (C=O) groups excluding carboxylic acids is 1. The van der Waals surface area contributed by atoms with Crippen LogP contribution in [0.15, 0.2) is 36.4 Å². The van der Waals surface area contributed by atoms with E-state index < -0.39 is 11.6 Å². The van der Waals surface area contributed by atoms with Gasteiger partial charge in [0, 0.05) is 47.2 Å². The van der Waals surface area contributed by atoms with Gasteiger partial charge in [0.15, 0.2) is 11.6 Å². The predicted octanol–water partition coefficient (Wildman–Crippen LogP) is 3.95. The number of hydrogen-bond donors (Lipinski definition) is 1. The minimum Gasteiger partial charge on any atom is -0.358 e. The van der Waals surface area contributed by atoms with Crippen molar-refractivity contribution in [1.29, 1.82) is 0 Å². The molecule has 24 heavy (non-hydrogen) atoms. The van der Waals surface area contributed by atoms with Crippen LogP contribution in [0, 0.1) is 18.6 Å². The zero-order chi connectivity index (χ0) is 16.8. The summed E-state index contributed by atoms with van der Waals surface area (Å²) >= 11 is 0. The number of nitrogens with one attached hydrogen (secondary N) is 1. The van der Waals surface area contributed by atoms with E-state index in [1.807, 2.05) is 13.0 Å². The van der Waals surface area contributed by atoms with Crippen LogP contribution in [-0.4, -0.2) is 22.3 Å². The monoisotopic (exact) mass is 326 g/mol. The largest absolute Gasteiger partial charge is 0.358 e. The average molecular weight is 326 g/mol. The smallest absolute Gasteiger partial charge is 0.254 e. The van der Waals surface area contributed by atoms with Crippen LogP contribution in [0.4, 0.5) is 8.78 Å². The zero-order valence-corrected chi connectivity index (χ0v) is 13.2. The fraction of sp³-hybridized carbons (Fsp3) is 0.211. The maximum atomic E-state index is 13.4. The molecular formula is C19H16F2N2O. The number of aromatic amines is 1. The zero-order valence-electron chi connectivity index (χ0n) is 13.2. The van der Waals surface area contributed by atoms with Crippen molar-refractivity contribution in [2.45, 2.75) is 19.9 Å². The summed E-state index contributed by atoms with van der Waals surface area (Å²) in [4.78, 5) is 17.7. The van der Waals surface area contributed by atoms with Crippen LogP contribution in [0.25, 0.3) is 10.9 Å². The van der Waals surface area contributed by atoms with E-state index >= 15 is 0 Å². The van der Waals surface area contributed by atoms with Gasteiger partial charge in [0.25, 0.3) is 5.91 Å². The second kappa shape index (κ2) is 5.44. The first-order chi connectivity index (χ1) is 11.5. The molecular weight excluding hydrogens is 310 g/mol. The van der Waals surface area contributed by atoms with Crippen LogP contribution in [0.2, 0.25) is 0 Å². The van der Waals surface area contributed by atoms with Gasteiger partial charge in [-0.15, -0.1) is 0 Å². The highest BCUT2D eigenvalue weighted by Gasteiger charge is 2.25. The molecule has 2 aromatic carbocycles. The predicted molar refractivity (Wildman–Crippen MR) is 87.8 cm³/mol. The van der Waals surface area contributed by atoms with Crippen LogP contribution in [0.3, 0.4) is 0 Å². The molecule has 1 N–H and O–H groups in total. The molecule has 0 saturated heterocycles. The van der Waals surface area contributed by atoms with Gasteiger partial charge in [-0.2, -0.15) is 0 Å². The first-order valence-electron chi connectivity index (χ1n) is 7.87. The molecule has 0 spiro atoms. The molecule has 122 valence electrons. The van der Waals surface area contributed by atoms with Gasteiger partial charge in [-0.3, -0.25) is 4.79 Å². The number of carbonyl (C=O) groups is 1. The highest BCUT2D eigenvalue weighted by molar-refractivity contribution is 5.95. The molecule has 1 aliphatic heterocycles. The first kappa shape index (κ1) is 14.9. The molecule has 0 bridgehead atoms. The lowest BCUT2D eigenvalue weighted by atomic mass is 10.0. The Labute approximate surface area is 137 Å². The summed E-state index contributed by atoms with van der Waals surface area (Å²) in [6, 6.07) is 9.49. The van der Waals surface area contributed by atoms with Crippen LogP contribution in [-0.2, 0) is 13.0 Å². The van der Waals surface area contributed by atoms with Gasteiger partial charge in [0.05, 0.1) is 0 Å². The highest BCUT2D eigenvalue weighted by Crippen LogP contribution is 2.29. The first-order valence-corrected chi connectivity index (χ1v) is 7.87. The van der Waals surface area contributed by atoms with E-state index in [2.05, 4.69) is 17.1 Å². The van der Waals surface area contributed by atoms with Crippen LogP contribution < -0.4 is 0 Å². The average Bonchev–Trinajstić information content (AvgIpc) is 2.94. The Hall–Kier alpha value is -2.69. The summed E-state index contributed by atoms with van der Waals surface area (Å²) in [5, 5.41) is 1.12. The van der Waals surface area contributed by atoms with Gasteiger partial charge >= 0.3 is 0 Å². The van der Waals surface area contributed by atoms with Crippen molar-refractivity contribution >= 4 is 16.8 Å². The van der Waals surface area contributed by atoms with Gasteiger partial charge in [-0.05, 0) is 37.3 Å². The van der Waals surface area contributed by atoms with Crippen molar-refractivity contribution in [3.63, 3.8) is 0 Å². The summed E-state index contributed by atoms with van der Waals surface area (Å²) in [6.07, 6.45) is 0.721. The standard InChI is InChI=1S/C19H16F2N2O/c1-11-2-5-17-13(8-11)14-10-23(7-6-18(14)22-17)19(24)12-3-4-15(20)16(21)9-12/h2-5,8-9,22H,6-7,10H2,1H3. The SMILES string of the molecule is Cc1ccc2[nH]c3c(c2c1)CN(C(=O)c1ccc(F)c(F)c1)CC3. The molecule has 1 amide bonds. The van der Waals surface area contributed by atoms with E-state index in [1.54, 1.807) is 4.90 Å². The molecule has 0 atom stereocenters. The molecule has 0 fully saturated rings. The second-order valence-corrected chi connectivity index (χ2v) is 6.24. The summed E-state index contributed by atoms with van der Waals surface area (Å²) in [5.41, 5.74) is 4.65. The molecule has 0 radical (unpaired) electrons. The number of nitrogens with zero attached hydrogens (tertiary/aromatic N) is 1. The molecule has 5 heteroatoms.